The van der Waals surface area contributed by atoms with Gasteiger partial charge < -0.3 is 15.2 Å². The highest BCUT2D eigenvalue weighted by Gasteiger charge is 2.16. The molecule has 4 nitrogen and oxygen atoms in total. The predicted molar refractivity (Wildman–Crippen MR) is 65.9 cm³/mol. The molecule has 0 radical (unpaired) electrons. The van der Waals surface area contributed by atoms with Crippen LogP contribution in [0, 0.1) is 12.3 Å². The number of nitrogens with two attached hydrogens (primary N) is 1. The second-order valence-electron chi connectivity index (χ2n) is 3.74. The normalized spacial score (nSPS) is 14.8. The number of ether oxygens (including phenoxy) is 2. The van der Waals surface area contributed by atoms with Crippen LogP contribution in [0.5, 0.6) is 0 Å². The highest BCUT2D eigenvalue weighted by atomic mass is 16.7. The number of hydrogen-bond donors (Lipinski definition) is 2. The Bertz CT molecular complexity index is 200. The van der Waals surface area contributed by atoms with Crippen molar-refractivity contribution in [2.24, 2.45) is 5.73 Å². The van der Waals surface area contributed by atoms with Gasteiger partial charge in [0.05, 0.1) is 6.04 Å². The highest BCUT2D eigenvalue weighted by Crippen LogP contribution is 2.05. The zero-order valence-corrected chi connectivity index (χ0v) is 10.5. The summed E-state index contributed by atoms with van der Waals surface area (Å²) in [5.41, 5.74) is 5.69. The molecule has 4 heteroatoms. The van der Waals surface area contributed by atoms with E-state index in [0.717, 1.165) is 12.8 Å². The van der Waals surface area contributed by atoms with Crippen molar-refractivity contribution in [2.45, 2.75) is 44.6 Å². The smallest absolute Gasteiger partial charge is 0.158 e. The molecule has 0 fully saturated rings. The van der Waals surface area contributed by atoms with Gasteiger partial charge in [-0.05, 0) is 6.42 Å². The zero-order chi connectivity index (χ0) is 12.4. The van der Waals surface area contributed by atoms with Crippen LogP contribution >= 0.6 is 0 Å². The van der Waals surface area contributed by atoms with Gasteiger partial charge in [-0.2, -0.15) is 0 Å². The van der Waals surface area contributed by atoms with Gasteiger partial charge in [-0.3, -0.25) is 5.32 Å². The van der Waals surface area contributed by atoms with Crippen molar-refractivity contribution in [3.05, 3.63) is 0 Å². The molecule has 0 saturated heterocycles. The van der Waals surface area contributed by atoms with Crippen LogP contribution in [0.2, 0.25) is 0 Å². The van der Waals surface area contributed by atoms with Gasteiger partial charge in [-0.1, -0.05) is 19.3 Å². The van der Waals surface area contributed by atoms with E-state index in [9.17, 15) is 0 Å². The molecular formula is C12H24N2O2. The Labute approximate surface area is 98.9 Å². The summed E-state index contributed by atoms with van der Waals surface area (Å²) >= 11 is 0. The number of rotatable bonds is 9. The summed E-state index contributed by atoms with van der Waals surface area (Å²) in [4.78, 5) is 0. The van der Waals surface area contributed by atoms with Crippen molar-refractivity contribution in [1.29, 1.82) is 0 Å². The van der Waals surface area contributed by atoms with Crippen LogP contribution in [0.25, 0.3) is 0 Å². The van der Waals surface area contributed by atoms with Gasteiger partial charge >= 0.3 is 0 Å². The quantitative estimate of drug-likeness (QED) is 0.451. The fourth-order valence-electron chi connectivity index (χ4n) is 1.54. The molecule has 0 bridgehead atoms. The van der Waals surface area contributed by atoms with Crippen LogP contribution in [-0.4, -0.2) is 39.1 Å². The molecule has 0 heterocycles. The van der Waals surface area contributed by atoms with Crippen LogP contribution in [0.1, 0.15) is 26.2 Å². The highest BCUT2D eigenvalue weighted by molar-refractivity contribution is 4.99. The third-order valence-electron chi connectivity index (χ3n) is 2.50. The van der Waals surface area contributed by atoms with Gasteiger partial charge in [0.1, 0.15) is 0 Å². The summed E-state index contributed by atoms with van der Waals surface area (Å²) in [7, 11) is 3.24. The molecule has 0 amide bonds. The molecule has 0 aromatic heterocycles. The Morgan fingerprint density at radius 2 is 2.00 bits per heavy atom. The molecule has 0 aromatic rings. The van der Waals surface area contributed by atoms with Crippen molar-refractivity contribution >= 4 is 0 Å². The Kier molecular flexibility index (Phi) is 9.25. The van der Waals surface area contributed by atoms with E-state index in [1.165, 1.54) is 0 Å². The van der Waals surface area contributed by atoms with Gasteiger partial charge in [0.25, 0.3) is 0 Å². The van der Waals surface area contributed by atoms with Gasteiger partial charge in [-0.25, -0.2) is 0 Å². The van der Waals surface area contributed by atoms with E-state index >= 15 is 0 Å². The number of methoxy groups -OCH3 is 2. The minimum absolute atomic E-state index is 0.0768. The van der Waals surface area contributed by atoms with Gasteiger partial charge in [-0.15, -0.1) is 6.42 Å². The van der Waals surface area contributed by atoms with E-state index in [0.29, 0.717) is 13.0 Å². The summed E-state index contributed by atoms with van der Waals surface area (Å²) in [5.74, 6) is 2.73. The van der Waals surface area contributed by atoms with Crippen molar-refractivity contribution in [1.82, 2.24) is 5.32 Å². The average Bonchev–Trinajstić information content (AvgIpc) is 2.33. The third kappa shape index (κ3) is 6.09. The fraction of sp³-hybridized carbons (Fsp3) is 0.833. The molecule has 0 aromatic carbocycles. The van der Waals surface area contributed by atoms with E-state index < -0.39 is 0 Å². The largest absolute Gasteiger partial charge is 0.356 e. The number of nitrogens with one attached hydrogen (secondary N) is 1. The van der Waals surface area contributed by atoms with E-state index in [4.69, 9.17) is 21.6 Å². The Balaban J connectivity index is 4.12. The van der Waals surface area contributed by atoms with E-state index in [1.54, 1.807) is 14.2 Å². The average molecular weight is 228 g/mol. The first-order chi connectivity index (χ1) is 7.71. The molecule has 0 rings (SSSR count). The summed E-state index contributed by atoms with van der Waals surface area (Å²) < 4.78 is 10.3. The standard InChI is InChI=1S/C12H24N2O2/c1-5-7-10(6-2)14-11(9-13)8-12(15-3)16-4/h2,10-12,14H,5,7-9,13H2,1,3-4H3. The molecular weight excluding hydrogens is 204 g/mol. The lowest BCUT2D eigenvalue weighted by Gasteiger charge is -2.24. The second kappa shape index (κ2) is 9.61. The SMILES string of the molecule is C#CC(CCC)NC(CN)CC(OC)OC. The Morgan fingerprint density at radius 1 is 1.38 bits per heavy atom. The molecule has 16 heavy (non-hydrogen) atoms. The minimum atomic E-state index is -0.235. The summed E-state index contributed by atoms with van der Waals surface area (Å²) in [6.45, 7) is 2.63. The summed E-state index contributed by atoms with van der Waals surface area (Å²) in [6.07, 6.45) is 7.92. The number of terminal acetylenes is 1. The number of hydrogen-bond acceptors (Lipinski definition) is 4. The van der Waals surface area contributed by atoms with Crippen molar-refractivity contribution in [3.8, 4) is 12.3 Å². The molecule has 2 unspecified atom stereocenters. The second-order valence-corrected chi connectivity index (χ2v) is 3.74. The maximum atomic E-state index is 5.69. The molecule has 94 valence electrons. The summed E-state index contributed by atoms with van der Waals surface area (Å²) in [5, 5.41) is 3.33. The molecule has 0 aliphatic heterocycles. The van der Waals surface area contributed by atoms with Gasteiger partial charge in [0, 0.05) is 33.2 Å². The lowest BCUT2D eigenvalue weighted by atomic mass is 10.1. The van der Waals surface area contributed by atoms with Crippen molar-refractivity contribution in [2.75, 3.05) is 20.8 Å². The molecule has 0 aliphatic carbocycles. The monoisotopic (exact) mass is 228 g/mol. The van der Waals surface area contributed by atoms with Crippen LogP contribution in [-0.2, 0) is 9.47 Å². The lowest BCUT2D eigenvalue weighted by Crippen LogP contribution is -2.44. The van der Waals surface area contributed by atoms with E-state index in [2.05, 4.69) is 18.2 Å². The Morgan fingerprint density at radius 3 is 2.38 bits per heavy atom. The topological polar surface area (TPSA) is 56.5 Å². The predicted octanol–water partition coefficient (Wildman–Crippen LogP) is 0.714. The maximum Gasteiger partial charge on any atom is 0.158 e. The van der Waals surface area contributed by atoms with Crippen LogP contribution in [0.15, 0.2) is 0 Å². The van der Waals surface area contributed by atoms with Crippen molar-refractivity contribution in [3.63, 3.8) is 0 Å². The van der Waals surface area contributed by atoms with E-state index in [-0.39, 0.29) is 18.4 Å². The van der Waals surface area contributed by atoms with Crippen LogP contribution < -0.4 is 11.1 Å². The minimum Gasteiger partial charge on any atom is -0.356 e. The zero-order valence-electron chi connectivity index (χ0n) is 10.5. The molecule has 0 spiro atoms. The van der Waals surface area contributed by atoms with Crippen LogP contribution in [0.3, 0.4) is 0 Å². The maximum absolute atomic E-state index is 5.69. The first kappa shape index (κ1) is 15.4. The summed E-state index contributed by atoms with van der Waals surface area (Å²) in [6, 6.07) is 0.199. The van der Waals surface area contributed by atoms with Gasteiger partial charge in [0.2, 0.25) is 0 Å². The van der Waals surface area contributed by atoms with E-state index in [1.807, 2.05) is 0 Å². The molecule has 0 aliphatic rings. The lowest BCUT2D eigenvalue weighted by molar-refractivity contribution is -0.110. The molecule has 3 N–H and O–H groups in total. The molecule has 2 atom stereocenters. The van der Waals surface area contributed by atoms with Crippen LogP contribution in [0.4, 0.5) is 0 Å². The van der Waals surface area contributed by atoms with Crippen molar-refractivity contribution < 1.29 is 9.47 Å². The fourth-order valence-corrected chi connectivity index (χ4v) is 1.54. The van der Waals surface area contributed by atoms with Gasteiger partial charge in [0.15, 0.2) is 6.29 Å². The first-order valence-electron chi connectivity index (χ1n) is 5.69. The first-order valence-corrected chi connectivity index (χ1v) is 5.69. The Hall–Kier alpha value is -0.600. The molecule has 0 saturated carbocycles. The third-order valence-corrected chi connectivity index (χ3v) is 2.50.